The van der Waals surface area contributed by atoms with Crippen molar-refractivity contribution in [3.8, 4) is 11.3 Å². The molecule has 0 unspecified atom stereocenters. The van der Waals surface area contributed by atoms with Gasteiger partial charge < -0.3 is 25.1 Å². The minimum Gasteiger partial charge on any atom is -0.456 e. The molecule has 258 valence electrons. The summed E-state index contributed by atoms with van der Waals surface area (Å²) in [7, 11) is 1.50. The monoisotopic (exact) mass is 643 g/mol. The first-order valence-corrected chi connectivity index (χ1v) is 15.4. The summed E-state index contributed by atoms with van der Waals surface area (Å²) in [6, 6.07) is 12.5. The summed E-state index contributed by atoms with van der Waals surface area (Å²) in [5, 5.41) is 4.37. The Morgan fingerprint density at radius 3 is 2.00 bits per heavy atom. The van der Waals surface area contributed by atoms with E-state index in [1.807, 2.05) is 45.6 Å². The van der Waals surface area contributed by atoms with E-state index in [4.69, 9.17) is 14.0 Å². The van der Waals surface area contributed by atoms with Crippen LogP contribution in [0, 0.1) is 6.92 Å². The van der Waals surface area contributed by atoms with Crippen LogP contribution in [0.1, 0.15) is 78.4 Å². The highest BCUT2D eigenvalue weighted by molar-refractivity contribution is 6.00. The van der Waals surface area contributed by atoms with Crippen molar-refractivity contribution < 1.29 is 28.3 Å². The van der Waals surface area contributed by atoms with Crippen LogP contribution in [-0.4, -0.2) is 46.2 Å². The lowest BCUT2D eigenvalue weighted by Crippen LogP contribution is -2.24. The number of unbranched alkanes of at least 4 members (excludes halogenated alkanes) is 2. The number of nitrogens with two attached hydrogens (primary N) is 1. The summed E-state index contributed by atoms with van der Waals surface area (Å²) in [5.74, 6) is 0.529. The first kappa shape index (κ1) is 48.7. The third-order valence-electron chi connectivity index (χ3n) is 5.39. The topological polar surface area (TPSA) is 124 Å². The molecule has 0 fully saturated rings. The average Bonchev–Trinajstić information content (AvgIpc) is 3.09. The van der Waals surface area contributed by atoms with E-state index >= 15 is 0 Å². The first-order chi connectivity index (χ1) is 22.3. The fourth-order valence-corrected chi connectivity index (χ4v) is 3.58. The molecule has 0 saturated heterocycles. The summed E-state index contributed by atoms with van der Waals surface area (Å²) in [4.78, 5) is 33.9. The molecule has 3 rings (SSSR count). The van der Waals surface area contributed by atoms with Gasteiger partial charge in [0.15, 0.2) is 0 Å². The Hall–Kier alpha value is -4.21. The van der Waals surface area contributed by atoms with Gasteiger partial charge in [-0.2, -0.15) is 4.94 Å². The molecule has 1 aromatic rings. The highest BCUT2D eigenvalue weighted by atomic mass is 19.3. The lowest BCUT2D eigenvalue weighted by atomic mass is 9.93. The Bertz CT molecular complexity index is 1270. The van der Waals surface area contributed by atoms with E-state index in [1.165, 1.54) is 43.9 Å². The van der Waals surface area contributed by atoms with Crippen LogP contribution >= 0.6 is 0 Å². The molecule has 46 heavy (non-hydrogen) atoms. The number of carbonyl (C=O) groups is 3. The van der Waals surface area contributed by atoms with Crippen molar-refractivity contribution >= 4 is 36.0 Å². The number of aryl methyl sites for hydroxylation is 1. The first-order valence-electron chi connectivity index (χ1n) is 15.4. The Labute approximate surface area is 276 Å². The second kappa shape index (κ2) is 35.3. The molecule has 0 atom stereocenters. The van der Waals surface area contributed by atoms with Crippen molar-refractivity contribution in [2.75, 3.05) is 26.7 Å². The predicted octanol–water partition coefficient (Wildman–Crippen LogP) is 8.36. The SMILES string of the molecule is C=C/C(=C\C)c1c2ccc(=NCC)cc-2oc2cc(C)ccc12.C=CC(=O)NCCOF.C=O.C=O.CCC.CCCCC.CN. The summed E-state index contributed by atoms with van der Waals surface area (Å²) < 4.78 is 17.0. The van der Waals surface area contributed by atoms with E-state index in [0.717, 1.165) is 45.8 Å². The van der Waals surface area contributed by atoms with Crippen LogP contribution in [0.25, 0.3) is 27.9 Å². The number of halogens is 1. The lowest BCUT2D eigenvalue weighted by molar-refractivity contribution is -0.133. The molecule has 0 saturated carbocycles. The molecule has 3 N–H and O–H groups in total. The van der Waals surface area contributed by atoms with Gasteiger partial charge >= 0.3 is 0 Å². The number of hydrogen-bond acceptors (Lipinski definition) is 7. The molecule has 2 aliphatic rings. The maximum Gasteiger partial charge on any atom is 0.243 e. The third-order valence-corrected chi connectivity index (χ3v) is 5.39. The second-order valence-electron chi connectivity index (χ2n) is 8.95. The van der Waals surface area contributed by atoms with Crippen molar-refractivity contribution in [3.05, 3.63) is 84.3 Å². The Morgan fingerprint density at radius 2 is 1.57 bits per heavy atom. The van der Waals surface area contributed by atoms with E-state index < -0.39 is 0 Å². The lowest BCUT2D eigenvalue weighted by Gasteiger charge is -2.16. The van der Waals surface area contributed by atoms with Gasteiger partial charge in [0.1, 0.15) is 31.5 Å². The Kier molecular flexibility index (Phi) is 37.3. The summed E-state index contributed by atoms with van der Waals surface area (Å²) >= 11 is 0. The molecule has 1 aromatic carbocycles. The smallest absolute Gasteiger partial charge is 0.243 e. The van der Waals surface area contributed by atoms with Gasteiger partial charge in [-0.05, 0) is 67.8 Å². The molecule has 8 nitrogen and oxygen atoms in total. The highest BCUT2D eigenvalue weighted by Crippen LogP contribution is 2.37. The van der Waals surface area contributed by atoms with E-state index in [-0.39, 0.29) is 19.1 Å². The van der Waals surface area contributed by atoms with E-state index in [9.17, 15) is 9.32 Å². The number of fused-ring (bicyclic) bond motifs is 2. The Balaban J connectivity index is -0.000000318. The molecule has 0 aromatic heterocycles. The molecular weight excluding hydrogens is 585 g/mol. The molecule has 0 spiro atoms. The van der Waals surface area contributed by atoms with Gasteiger partial charge in [-0.15, -0.1) is 0 Å². The average molecular weight is 644 g/mol. The summed E-state index contributed by atoms with van der Waals surface area (Å²) in [6.45, 7) is 26.8. The van der Waals surface area contributed by atoms with Crippen molar-refractivity contribution in [2.24, 2.45) is 10.7 Å². The van der Waals surface area contributed by atoms with E-state index in [2.05, 4.69) is 99.1 Å². The third kappa shape index (κ3) is 20.7. The zero-order valence-corrected chi connectivity index (χ0v) is 29.4. The van der Waals surface area contributed by atoms with Gasteiger partial charge in [-0.1, -0.05) is 90.8 Å². The quantitative estimate of drug-likeness (QED) is 0.105. The number of hydrogen-bond donors (Lipinski definition) is 2. The number of amides is 1. The minimum atomic E-state index is -0.327. The summed E-state index contributed by atoms with van der Waals surface area (Å²) in [5.41, 5.74) is 9.94. The van der Waals surface area contributed by atoms with Crippen LogP contribution in [-0.2, 0) is 19.3 Å². The maximum absolute atomic E-state index is 10.9. The molecule has 1 aliphatic heterocycles. The van der Waals surface area contributed by atoms with Gasteiger partial charge in [0, 0.05) is 35.7 Å². The Morgan fingerprint density at radius 1 is 0.978 bits per heavy atom. The van der Waals surface area contributed by atoms with Crippen molar-refractivity contribution in [1.82, 2.24) is 5.32 Å². The molecule has 1 amide bonds. The van der Waals surface area contributed by atoms with Gasteiger partial charge in [0.2, 0.25) is 5.91 Å². The molecular formula is C37H58FN3O5. The van der Waals surface area contributed by atoms with Crippen LogP contribution in [0.2, 0.25) is 0 Å². The molecule has 9 heteroatoms. The number of rotatable bonds is 9. The van der Waals surface area contributed by atoms with Crippen LogP contribution in [0.5, 0.6) is 0 Å². The minimum absolute atomic E-state index is 0.125. The van der Waals surface area contributed by atoms with Crippen molar-refractivity contribution in [3.63, 3.8) is 0 Å². The number of benzene rings is 2. The number of nitrogens with one attached hydrogen (secondary N) is 1. The number of nitrogens with zero attached hydrogens (tertiary/aromatic N) is 1. The fraction of sp³-hybridized carbons (Fsp3) is 0.405. The molecule has 1 heterocycles. The predicted molar refractivity (Wildman–Crippen MR) is 193 cm³/mol. The van der Waals surface area contributed by atoms with Gasteiger partial charge in [-0.25, -0.2) is 0 Å². The zero-order valence-electron chi connectivity index (χ0n) is 29.4. The fourth-order valence-electron chi connectivity index (χ4n) is 3.58. The zero-order chi connectivity index (χ0) is 36.3. The van der Waals surface area contributed by atoms with Gasteiger partial charge in [0.05, 0.1) is 5.36 Å². The molecule has 0 radical (unpaired) electrons. The van der Waals surface area contributed by atoms with Crippen LogP contribution in [0.3, 0.4) is 0 Å². The van der Waals surface area contributed by atoms with Crippen LogP contribution in [0.4, 0.5) is 4.53 Å². The number of carbonyl (C=O) groups excluding carboxylic acids is 3. The maximum atomic E-state index is 10.9. The molecule has 1 aliphatic carbocycles. The van der Waals surface area contributed by atoms with Crippen molar-refractivity contribution in [1.29, 1.82) is 0 Å². The largest absolute Gasteiger partial charge is 0.456 e. The second-order valence-corrected chi connectivity index (χ2v) is 8.95. The van der Waals surface area contributed by atoms with Gasteiger partial charge in [-0.3, -0.25) is 9.79 Å². The van der Waals surface area contributed by atoms with Gasteiger partial charge in [0.25, 0.3) is 0 Å². The van der Waals surface area contributed by atoms with Crippen LogP contribution < -0.4 is 16.4 Å². The molecule has 0 bridgehead atoms. The summed E-state index contributed by atoms with van der Waals surface area (Å²) in [6.07, 6.45) is 10.4. The normalized spacial score (nSPS) is 9.78. The number of allylic oxidation sites excluding steroid dienone is 3. The van der Waals surface area contributed by atoms with Crippen molar-refractivity contribution in [2.45, 2.75) is 74.1 Å². The van der Waals surface area contributed by atoms with Crippen LogP contribution in [0.15, 0.2) is 77.2 Å². The highest BCUT2D eigenvalue weighted by Gasteiger charge is 2.16. The van der Waals surface area contributed by atoms with E-state index in [0.29, 0.717) is 0 Å². The van der Waals surface area contributed by atoms with E-state index in [1.54, 1.807) is 0 Å². The standard InChI is InChI=1S/C21H21NO.C5H8FNO2.C5H12.C3H8.CH5N.2CH2O/c1-5-15(6-2)21-17-10-8-14(4)12-19(17)23-20-13-16(22-7-3)9-11-18(20)21;1-2-5(8)7-3-4-9-6;1-3-5-4-2;1-3-2;3*1-2/h5-6,8-13H,1,7H2,2-4H3;2H,1,3-4H2,(H,7,8);3-5H2,1-2H3;3H2,1-2H3;2H2,1H3;2*1H2/b15-6+,22-16?;;;;;;.